The summed E-state index contributed by atoms with van der Waals surface area (Å²) >= 11 is 0. The molecule has 4 rings (SSSR count). The summed E-state index contributed by atoms with van der Waals surface area (Å²) in [6.07, 6.45) is 12.4. The summed E-state index contributed by atoms with van der Waals surface area (Å²) in [7, 11) is 0. The van der Waals surface area contributed by atoms with E-state index in [1.807, 2.05) is 0 Å². The SMILES string of the molecule is C[C@H](CCC(=O)O)[C@@H]1CC[C@@H]2[C@@H]3CC[C@H]4C[C@H](O)CC[C@]4(C)[C@H]3CC[C@]21C. The van der Waals surface area contributed by atoms with E-state index >= 15 is 0 Å². The molecular weight excluding hydrogens is 336 g/mol. The van der Waals surface area contributed by atoms with Crippen LogP contribution in [0.25, 0.3) is 0 Å². The van der Waals surface area contributed by atoms with E-state index in [0.717, 1.165) is 42.9 Å². The van der Waals surface area contributed by atoms with Gasteiger partial charge in [0.15, 0.2) is 0 Å². The minimum atomic E-state index is -0.643. The summed E-state index contributed by atoms with van der Waals surface area (Å²) in [6.45, 7) is 7.43. The second-order valence-corrected chi connectivity index (χ2v) is 11.2. The Bertz CT molecular complexity index is 574. The normalized spacial score (nSPS) is 50.4. The highest BCUT2D eigenvalue weighted by molar-refractivity contribution is 5.66. The van der Waals surface area contributed by atoms with Crippen molar-refractivity contribution in [3.05, 3.63) is 0 Å². The van der Waals surface area contributed by atoms with E-state index in [-0.39, 0.29) is 6.10 Å². The molecule has 4 aliphatic carbocycles. The largest absolute Gasteiger partial charge is 0.481 e. The van der Waals surface area contributed by atoms with Crippen molar-refractivity contribution in [2.45, 2.75) is 97.5 Å². The van der Waals surface area contributed by atoms with E-state index in [1.165, 1.54) is 44.9 Å². The molecule has 0 aromatic heterocycles. The first-order chi connectivity index (χ1) is 12.8. The molecule has 9 atom stereocenters. The lowest BCUT2D eigenvalue weighted by molar-refractivity contribution is -0.138. The van der Waals surface area contributed by atoms with Crippen molar-refractivity contribution in [1.82, 2.24) is 0 Å². The maximum Gasteiger partial charge on any atom is 0.303 e. The zero-order valence-electron chi connectivity index (χ0n) is 17.6. The number of aliphatic carboxylic acids is 1. The Morgan fingerprint density at radius 1 is 1.00 bits per heavy atom. The molecule has 3 nitrogen and oxygen atoms in total. The van der Waals surface area contributed by atoms with Crippen LogP contribution in [0.3, 0.4) is 0 Å². The van der Waals surface area contributed by atoms with Crippen LogP contribution in [-0.4, -0.2) is 22.3 Å². The van der Waals surface area contributed by atoms with Gasteiger partial charge in [0.25, 0.3) is 0 Å². The van der Waals surface area contributed by atoms with Gasteiger partial charge in [-0.3, -0.25) is 4.79 Å². The molecule has 4 aliphatic rings. The topological polar surface area (TPSA) is 57.5 Å². The molecule has 0 unspecified atom stereocenters. The molecule has 0 aromatic rings. The lowest BCUT2D eigenvalue weighted by Gasteiger charge is -2.61. The number of hydrogen-bond donors (Lipinski definition) is 2. The lowest BCUT2D eigenvalue weighted by Crippen LogP contribution is -2.54. The van der Waals surface area contributed by atoms with Gasteiger partial charge < -0.3 is 10.2 Å². The number of carboxylic acids is 1. The zero-order valence-corrected chi connectivity index (χ0v) is 17.6. The Kier molecular flexibility index (Phi) is 5.15. The molecule has 3 heteroatoms. The summed E-state index contributed by atoms with van der Waals surface area (Å²) in [6, 6.07) is 0. The Labute approximate surface area is 165 Å². The minimum Gasteiger partial charge on any atom is -0.481 e. The monoisotopic (exact) mass is 376 g/mol. The second kappa shape index (κ2) is 7.04. The van der Waals surface area contributed by atoms with Crippen molar-refractivity contribution in [2.75, 3.05) is 0 Å². The van der Waals surface area contributed by atoms with Gasteiger partial charge in [0.1, 0.15) is 0 Å². The first-order valence-corrected chi connectivity index (χ1v) is 11.7. The van der Waals surface area contributed by atoms with Crippen molar-refractivity contribution in [3.63, 3.8) is 0 Å². The van der Waals surface area contributed by atoms with Crippen LogP contribution in [0.15, 0.2) is 0 Å². The predicted octanol–water partition coefficient (Wildman–Crippen LogP) is 5.51. The smallest absolute Gasteiger partial charge is 0.303 e. The highest BCUT2D eigenvalue weighted by atomic mass is 16.4. The van der Waals surface area contributed by atoms with Crippen LogP contribution in [0.1, 0.15) is 91.4 Å². The van der Waals surface area contributed by atoms with Gasteiger partial charge in [0, 0.05) is 6.42 Å². The summed E-state index contributed by atoms with van der Waals surface area (Å²) < 4.78 is 0. The zero-order chi connectivity index (χ0) is 19.4. The van der Waals surface area contributed by atoms with Crippen LogP contribution in [0, 0.1) is 46.3 Å². The highest BCUT2D eigenvalue weighted by Gasteiger charge is 2.60. The molecule has 0 amide bonds. The molecule has 0 saturated heterocycles. The van der Waals surface area contributed by atoms with Crippen molar-refractivity contribution >= 4 is 5.97 Å². The van der Waals surface area contributed by atoms with Crippen molar-refractivity contribution in [2.24, 2.45) is 46.3 Å². The summed E-state index contributed by atoms with van der Waals surface area (Å²) in [4.78, 5) is 11.0. The van der Waals surface area contributed by atoms with Gasteiger partial charge >= 0.3 is 5.97 Å². The van der Waals surface area contributed by atoms with E-state index in [2.05, 4.69) is 20.8 Å². The van der Waals surface area contributed by atoms with Crippen LogP contribution >= 0.6 is 0 Å². The number of fused-ring (bicyclic) bond motifs is 5. The van der Waals surface area contributed by atoms with Gasteiger partial charge in [-0.25, -0.2) is 0 Å². The molecule has 0 aliphatic heterocycles. The summed E-state index contributed by atoms with van der Waals surface area (Å²) in [5.41, 5.74) is 0.882. The van der Waals surface area contributed by atoms with Crippen LogP contribution in [0.5, 0.6) is 0 Å². The number of carbonyl (C=O) groups is 1. The first kappa shape index (κ1) is 19.7. The Morgan fingerprint density at radius 2 is 1.70 bits per heavy atom. The fourth-order valence-electron chi connectivity index (χ4n) is 8.76. The standard InChI is InChI=1S/C24H40O3/c1-15(4-9-22(26)27)19-7-8-20-18-6-5-16-14-17(25)10-12-23(16,2)21(18)11-13-24(19,20)3/h15-21,25H,4-14H2,1-3H3,(H,26,27)/t15-,16+,17-,18+,19+,20-,21+,23+,24+/m1/s1. The third-order valence-electron chi connectivity index (χ3n) is 10.2. The molecule has 0 bridgehead atoms. The van der Waals surface area contributed by atoms with E-state index < -0.39 is 5.97 Å². The molecule has 2 N–H and O–H groups in total. The van der Waals surface area contributed by atoms with Gasteiger partial charge in [-0.2, -0.15) is 0 Å². The second-order valence-electron chi connectivity index (χ2n) is 11.2. The van der Waals surface area contributed by atoms with E-state index in [4.69, 9.17) is 5.11 Å². The lowest BCUT2D eigenvalue weighted by atomic mass is 9.44. The van der Waals surface area contributed by atoms with Gasteiger partial charge in [-0.15, -0.1) is 0 Å². The molecule has 4 saturated carbocycles. The molecule has 0 spiro atoms. The molecule has 0 radical (unpaired) electrons. The Balaban J connectivity index is 1.51. The summed E-state index contributed by atoms with van der Waals surface area (Å²) in [5, 5.41) is 19.3. The average Bonchev–Trinajstić information content (AvgIpc) is 2.97. The van der Waals surface area contributed by atoms with Crippen LogP contribution in [-0.2, 0) is 4.79 Å². The number of carboxylic acid groups (broad SMARTS) is 1. The van der Waals surface area contributed by atoms with Crippen molar-refractivity contribution in [1.29, 1.82) is 0 Å². The minimum absolute atomic E-state index is 0.0561. The number of hydrogen-bond acceptors (Lipinski definition) is 2. The van der Waals surface area contributed by atoms with Crippen molar-refractivity contribution in [3.8, 4) is 0 Å². The molecule has 27 heavy (non-hydrogen) atoms. The molecule has 4 fully saturated rings. The molecule has 0 aromatic carbocycles. The molecule has 0 heterocycles. The van der Waals surface area contributed by atoms with E-state index in [9.17, 15) is 9.90 Å². The highest BCUT2D eigenvalue weighted by Crippen LogP contribution is 2.68. The number of aliphatic hydroxyl groups is 1. The van der Waals surface area contributed by atoms with Crippen LogP contribution in [0.4, 0.5) is 0 Å². The number of aliphatic hydroxyl groups excluding tert-OH is 1. The average molecular weight is 377 g/mol. The van der Waals surface area contributed by atoms with Gasteiger partial charge in [-0.1, -0.05) is 20.8 Å². The molecule has 154 valence electrons. The fourth-order valence-corrected chi connectivity index (χ4v) is 8.76. The van der Waals surface area contributed by atoms with Gasteiger partial charge in [-0.05, 0) is 111 Å². The van der Waals surface area contributed by atoms with Crippen LogP contribution < -0.4 is 0 Å². The van der Waals surface area contributed by atoms with Gasteiger partial charge in [0.05, 0.1) is 6.10 Å². The Hall–Kier alpha value is -0.570. The third-order valence-corrected chi connectivity index (χ3v) is 10.2. The van der Waals surface area contributed by atoms with E-state index in [0.29, 0.717) is 29.1 Å². The van der Waals surface area contributed by atoms with Gasteiger partial charge in [0.2, 0.25) is 0 Å². The third kappa shape index (κ3) is 3.16. The van der Waals surface area contributed by atoms with E-state index in [1.54, 1.807) is 0 Å². The Morgan fingerprint density at radius 3 is 2.44 bits per heavy atom. The molecular formula is C24H40O3. The fraction of sp³-hybridized carbons (Fsp3) is 0.958. The maximum atomic E-state index is 11.0. The summed E-state index contributed by atoms with van der Waals surface area (Å²) in [5.74, 6) is 3.91. The maximum absolute atomic E-state index is 11.0. The van der Waals surface area contributed by atoms with Crippen molar-refractivity contribution < 1.29 is 15.0 Å². The quantitative estimate of drug-likeness (QED) is 0.680. The first-order valence-electron chi connectivity index (χ1n) is 11.7. The predicted molar refractivity (Wildman–Crippen MR) is 107 cm³/mol. The number of rotatable bonds is 4. The van der Waals surface area contributed by atoms with Crippen LogP contribution in [0.2, 0.25) is 0 Å².